The Labute approximate surface area is 119 Å². The van der Waals surface area contributed by atoms with Gasteiger partial charge in [-0.3, -0.25) is 4.79 Å². The number of benzene rings is 1. The van der Waals surface area contributed by atoms with Crippen LogP contribution in [0.15, 0.2) is 48.5 Å². The second-order valence-electron chi connectivity index (χ2n) is 4.72. The molecule has 1 aromatic carbocycles. The Morgan fingerprint density at radius 1 is 1.15 bits per heavy atom. The topological polar surface area (TPSA) is 54.0 Å². The van der Waals surface area contributed by atoms with Crippen LogP contribution in [-0.4, -0.2) is 24.0 Å². The van der Waals surface area contributed by atoms with Gasteiger partial charge in [0.15, 0.2) is 0 Å². The molecule has 1 heterocycles. The van der Waals surface area contributed by atoms with Gasteiger partial charge in [0, 0.05) is 13.1 Å². The molecule has 0 saturated heterocycles. The summed E-state index contributed by atoms with van der Waals surface area (Å²) in [6.07, 6.45) is 0.804. The highest BCUT2D eigenvalue weighted by atomic mass is 16.1. The van der Waals surface area contributed by atoms with Gasteiger partial charge in [-0.15, -0.1) is 0 Å². The van der Waals surface area contributed by atoms with Gasteiger partial charge in [-0.1, -0.05) is 36.4 Å². The second kappa shape index (κ2) is 6.70. The predicted octanol–water partition coefficient (Wildman–Crippen LogP) is 2.48. The van der Waals surface area contributed by atoms with Crippen LogP contribution in [0.3, 0.4) is 0 Å². The third-order valence-corrected chi connectivity index (χ3v) is 3.00. The minimum atomic E-state index is -0.148. The van der Waals surface area contributed by atoms with Crippen LogP contribution in [0, 0.1) is 0 Å². The summed E-state index contributed by atoms with van der Waals surface area (Å²) in [6, 6.07) is 15.5. The number of hydrogen-bond donors (Lipinski definition) is 2. The summed E-state index contributed by atoms with van der Waals surface area (Å²) < 4.78 is 0. The Balaban J connectivity index is 1.96. The van der Waals surface area contributed by atoms with Crippen molar-refractivity contribution in [3.8, 4) is 0 Å². The van der Waals surface area contributed by atoms with Crippen LogP contribution in [-0.2, 0) is 6.42 Å². The van der Waals surface area contributed by atoms with Crippen LogP contribution < -0.4 is 10.6 Å². The Bertz CT molecular complexity index is 569. The number of anilines is 1. The van der Waals surface area contributed by atoms with Crippen molar-refractivity contribution in [2.45, 2.75) is 19.4 Å². The normalized spacial score (nSPS) is 11.7. The van der Waals surface area contributed by atoms with Gasteiger partial charge in [0.25, 0.3) is 5.91 Å². The molecular formula is C16H19N3O. The molecule has 0 saturated carbocycles. The molecule has 0 aliphatic heterocycles. The fourth-order valence-electron chi connectivity index (χ4n) is 2.02. The summed E-state index contributed by atoms with van der Waals surface area (Å²) in [7, 11) is 1.78. The van der Waals surface area contributed by atoms with E-state index >= 15 is 0 Å². The van der Waals surface area contributed by atoms with Gasteiger partial charge < -0.3 is 10.6 Å². The van der Waals surface area contributed by atoms with Crippen molar-refractivity contribution in [3.63, 3.8) is 0 Å². The summed E-state index contributed by atoms with van der Waals surface area (Å²) >= 11 is 0. The minimum absolute atomic E-state index is 0.0601. The highest BCUT2D eigenvalue weighted by Crippen LogP contribution is 2.06. The number of hydrogen-bond acceptors (Lipinski definition) is 3. The van der Waals surface area contributed by atoms with E-state index in [9.17, 15) is 4.79 Å². The molecule has 0 bridgehead atoms. The Morgan fingerprint density at radius 2 is 1.90 bits per heavy atom. The average Bonchev–Trinajstić information content (AvgIpc) is 2.48. The molecule has 0 fully saturated rings. The first kappa shape index (κ1) is 14.1. The van der Waals surface area contributed by atoms with Gasteiger partial charge in [-0.25, -0.2) is 4.98 Å². The van der Waals surface area contributed by atoms with E-state index in [-0.39, 0.29) is 11.9 Å². The first-order valence-corrected chi connectivity index (χ1v) is 6.68. The van der Waals surface area contributed by atoms with Crippen molar-refractivity contribution >= 4 is 11.7 Å². The predicted molar refractivity (Wildman–Crippen MR) is 80.9 cm³/mol. The maximum atomic E-state index is 12.1. The van der Waals surface area contributed by atoms with Gasteiger partial charge >= 0.3 is 0 Å². The number of amides is 1. The van der Waals surface area contributed by atoms with Crippen molar-refractivity contribution in [2.75, 3.05) is 12.4 Å². The summed E-state index contributed by atoms with van der Waals surface area (Å²) in [4.78, 5) is 16.3. The Kier molecular flexibility index (Phi) is 4.71. The molecule has 0 spiro atoms. The number of nitrogens with zero attached hydrogens (tertiary/aromatic N) is 1. The van der Waals surface area contributed by atoms with Crippen LogP contribution >= 0.6 is 0 Å². The maximum absolute atomic E-state index is 12.1. The Hall–Kier alpha value is -2.36. The van der Waals surface area contributed by atoms with E-state index in [1.54, 1.807) is 13.1 Å². The molecular weight excluding hydrogens is 250 g/mol. The monoisotopic (exact) mass is 269 g/mol. The molecule has 2 rings (SSSR count). The van der Waals surface area contributed by atoms with Crippen molar-refractivity contribution < 1.29 is 4.79 Å². The average molecular weight is 269 g/mol. The largest absolute Gasteiger partial charge is 0.373 e. The standard InChI is InChI=1S/C16H19N3O/c1-12(11-13-7-4-3-5-8-13)18-16(20)14-9-6-10-15(17-2)19-14/h3-10,12H,11H2,1-2H3,(H,17,19)(H,18,20). The van der Waals surface area contributed by atoms with Crippen LogP contribution in [0.4, 0.5) is 5.82 Å². The van der Waals surface area contributed by atoms with Gasteiger partial charge in [-0.05, 0) is 31.0 Å². The summed E-state index contributed by atoms with van der Waals surface area (Å²) in [5.74, 6) is 0.541. The third-order valence-electron chi connectivity index (χ3n) is 3.00. The molecule has 0 aliphatic rings. The lowest BCUT2D eigenvalue weighted by molar-refractivity contribution is 0.0935. The highest BCUT2D eigenvalue weighted by molar-refractivity contribution is 5.92. The summed E-state index contributed by atoms with van der Waals surface area (Å²) in [5, 5.41) is 5.89. The van der Waals surface area contributed by atoms with Crippen LogP contribution in [0.1, 0.15) is 23.0 Å². The lowest BCUT2D eigenvalue weighted by atomic mass is 10.1. The number of carbonyl (C=O) groups excluding carboxylic acids is 1. The number of nitrogens with one attached hydrogen (secondary N) is 2. The second-order valence-corrected chi connectivity index (χ2v) is 4.72. The van der Waals surface area contributed by atoms with E-state index < -0.39 is 0 Å². The van der Waals surface area contributed by atoms with Crippen molar-refractivity contribution in [1.82, 2.24) is 10.3 Å². The van der Waals surface area contributed by atoms with Gasteiger partial charge in [-0.2, -0.15) is 0 Å². The third kappa shape index (κ3) is 3.82. The van der Waals surface area contributed by atoms with E-state index in [0.717, 1.165) is 6.42 Å². The number of carbonyl (C=O) groups is 1. The fraction of sp³-hybridized carbons (Fsp3) is 0.250. The van der Waals surface area contributed by atoms with Gasteiger partial charge in [0.05, 0.1) is 0 Å². The molecule has 104 valence electrons. The lowest BCUT2D eigenvalue weighted by Gasteiger charge is -2.14. The molecule has 1 atom stereocenters. The Morgan fingerprint density at radius 3 is 2.60 bits per heavy atom. The smallest absolute Gasteiger partial charge is 0.270 e. The molecule has 1 unspecified atom stereocenters. The fourth-order valence-corrected chi connectivity index (χ4v) is 2.02. The number of rotatable bonds is 5. The van der Waals surface area contributed by atoms with Crippen LogP contribution in [0.2, 0.25) is 0 Å². The number of pyridine rings is 1. The zero-order chi connectivity index (χ0) is 14.4. The summed E-state index contributed by atoms with van der Waals surface area (Å²) in [5.41, 5.74) is 1.63. The van der Waals surface area contributed by atoms with Crippen LogP contribution in [0.5, 0.6) is 0 Å². The van der Waals surface area contributed by atoms with Gasteiger partial charge in [0.1, 0.15) is 11.5 Å². The highest BCUT2D eigenvalue weighted by Gasteiger charge is 2.11. The van der Waals surface area contributed by atoms with E-state index in [1.165, 1.54) is 5.56 Å². The van der Waals surface area contributed by atoms with E-state index in [0.29, 0.717) is 11.5 Å². The van der Waals surface area contributed by atoms with Crippen LogP contribution in [0.25, 0.3) is 0 Å². The molecule has 0 aliphatic carbocycles. The molecule has 20 heavy (non-hydrogen) atoms. The molecule has 1 amide bonds. The zero-order valence-corrected chi connectivity index (χ0v) is 11.8. The maximum Gasteiger partial charge on any atom is 0.270 e. The quantitative estimate of drug-likeness (QED) is 0.876. The summed E-state index contributed by atoms with van der Waals surface area (Å²) in [6.45, 7) is 1.99. The van der Waals surface area contributed by atoms with Gasteiger partial charge in [0.2, 0.25) is 0 Å². The first-order chi connectivity index (χ1) is 9.69. The zero-order valence-electron chi connectivity index (χ0n) is 11.8. The number of aromatic nitrogens is 1. The van der Waals surface area contributed by atoms with E-state index in [1.807, 2.05) is 37.3 Å². The molecule has 1 aromatic heterocycles. The van der Waals surface area contributed by atoms with Crippen molar-refractivity contribution in [3.05, 3.63) is 59.8 Å². The molecule has 4 nitrogen and oxygen atoms in total. The molecule has 4 heteroatoms. The van der Waals surface area contributed by atoms with Crippen molar-refractivity contribution in [2.24, 2.45) is 0 Å². The minimum Gasteiger partial charge on any atom is -0.373 e. The van der Waals surface area contributed by atoms with E-state index in [2.05, 4.69) is 27.8 Å². The molecule has 2 N–H and O–H groups in total. The first-order valence-electron chi connectivity index (χ1n) is 6.68. The van der Waals surface area contributed by atoms with E-state index in [4.69, 9.17) is 0 Å². The molecule has 0 radical (unpaired) electrons. The lowest BCUT2D eigenvalue weighted by Crippen LogP contribution is -2.34. The molecule has 2 aromatic rings. The van der Waals surface area contributed by atoms with Crippen molar-refractivity contribution in [1.29, 1.82) is 0 Å². The SMILES string of the molecule is CNc1cccc(C(=O)NC(C)Cc2ccccc2)n1.